The maximum absolute atomic E-state index is 12.8. The van der Waals surface area contributed by atoms with Crippen molar-refractivity contribution in [1.29, 1.82) is 0 Å². The van der Waals surface area contributed by atoms with Gasteiger partial charge in [0.1, 0.15) is 0 Å². The molecule has 1 amide bonds. The number of carbonyl (C=O) groups is 2. The average molecular weight is 326 g/mol. The first-order valence-corrected chi connectivity index (χ1v) is 8.28. The number of Topliss-reactive ketones (excluding diaryl/α,β-unsaturated/α-hetero) is 1. The Hall–Kier alpha value is -2.40. The number of benzene rings is 1. The topological polar surface area (TPSA) is 60.3 Å². The first kappa shape index (κ1) is 16.5. The molecule has 1 N–H and O–H groups in total. The van der Waals surface area contributed by atoms with Crippen LogP contribution in [-0.4, -0.2) is 22.9 Å². The maximum Gasteiger partial charge on any atom is 0.253 e. The van der Waals surface area contributed by atoms with E-state index in [0.717, 1.165) is 17.7 Å². The van der Waals surface area contributed by atoms with Crippen molar-refractivity contribution in [2.24, 2.45) is 0 Å². The second-order valence-electron chi connectivity index (χ2n) is 6.00. The van der Waals surface area contributed by atoms with E-state index < -0.39 is 0 Å². The SMILES string of the molecule is CC[C@@H](NC(=O)c1cc(C(C)=O)n2c1COCC2)c1ccccc1. The Morgan fingerprint density at radius 2 is 2.04 bits per heavy atom. The molecule has 0 fully saturated rings. The zero-order valence-corrected chi connectivity index (χ0v) is 14.0. The van der Waals surface area contributed by atoms with Gasteiger partial charge >= 0.3 is 0 Å². The molecule has 2 heterocycles. The monoisotopic (exact) mass is 326 g/mol. The minimum Gasteiger partial charge on any atom is -0.373 e. The fourth-order valence-electron chi connectivity index (χ4n) is 3.16. The summed E-state index contributed by atoms with van der Waals surface area (Å²) in [6.45, 7) is 5.09. The van der Waals surface area contributed by atoms with Gasteiger partial charge in [-0.15, -0.1) is 0 Å². The van der Waals surface area contributed by atoms with Crippen molar-refractivity contribution < 1.29 is 14.3 Å². The first-order chi connectivity index (χ1) is 11.6. The van der Waals surface area contributed by atoms with Gasteiger partial charge in [-0.05, 0) is 18.1 Å². The molecule has 0 radical (unpaired) electrons. The van der Waals surface area contributed by atoms with Crippen molar-refractivity contribution in [3.05, 3.63) is 58.9 Å². The largest absolute Gasteiger partial charge is 0.373 e. The van der Waals surface area contributed by atoms with Gasteiger partial charge in [0.25, 0.3) is 5.91 Å². The van der Waals surface area contributed by atoms with E-state index in [9.17, 15) is 9.59 Å². The highest BCUT2D eigenvalue weighted by atomic mass is 16.5. The van der Waals surface area contributed by atoms with E-state index in [0.29, 0.717) is 31.0 Å². The minimum absolute atomic E-state index is 0.0349. The molecule has 5 nitrogen and oxygen atoms in total. The molecule has 5 heteroatoms. The van der Waals surface area contributed by atoms with E-state index in [-0.39, 0.29) is 17.7 Å². The average Bonchev–Trinajstić information content (AvgIpc) is 3.00. The van der Waals surface area contributed by atoms with Crippen LogP contribution in [0, 0.1) is 0 Å². The summed E-state index contributed by atoms with van der Waals surface area (Å²) >= 11 is 0. The number of ketones is 1. The fraction of sp³-hybridized carbons (Fsp3) is 0.368. The smallest absolute Gasteiger partial charge is 0.253 e. The molecule has 3 rings (SSSR count). The summed E-state index contributed by atoms with van der Waals surface area (Å²) in [5, 5.41) is 3.08. The van der Waals surface area contributed by atoms with Crippen LogP contribution in [-0.2, 0) is 17.9 Å². The van der Waals surface area contributed by atoms with Crippen molar-refractivity contribution in [2.45, 2.75) is 39.5 Å². The maximum atomic E-state index is 12.8. The van der Waals surface area contributed by atoms with Crippen molar-refractivity contribution in [2.75, 3.05) is 6.61 Å². The van der Waals surface area contributed by atoms with E-state index >= 15 is 0 Å². The molecule has 126 valence electrons. The van der Waals surface area contributed by atoms with Crippen molar-refractivity contribution in [3.63, 3.8) is 0 Å². The summed E-state index contributed by atoms with van der Waals surface area (Å²) < 4.78 is 7.39. The highest BCUT2D eigenvalue weighted by Gasteiger charge is 2.25. The molecule has 1 aliphatic rings. The summed E-state index contributed by atoms with van der Waals surface area (Å²) in [7, 11) is 0. The predicted octanol–water partition coefficient (Wildman–Crippen LogP) is 3.10. The fourth-order valence-corrected chi connectivity index (χ4v) is 3.16. The Bertz CT molecular complexity index is 749. The third-order valence-corrected chi connectivity index (χ3v) is 4.43. The Balaban J connectivity index is 1.88. The number of nitrogens with one attached hydrogen (secondary N) is 1. The van der Waals surface area contributed by atoms with E-state index in [4.69, 9.17) is 4.74 Å². The van der Waals surface area contributed by atoms with Crippen molar-refractivity contribution >= 4 is 11.7 Å². The summed E-state index contributed by atoms with van der Waals surface area (Å²) in [5.74, 6) is -0.195. The van der Waals surface area contributed by atoms with Gasteiger partial charge in [0.15, 0.2) is 5.78 Å². The van der Waals surface area contributed by atoms with Gasteiger partial charge in [-0.3, -0.25) is 9.59 Å². The lowest BCUT2D eigenvalue weighted by atomic mass is 10.0. The number of hydrogen-bond donors (Lipinski definition) is 1. The molecule has 0 spiro atoms. The molecule has 0 aliphatic carbocycles. The van der Waals surface area contributed by atoms with Crippen LogP contribution in [0.4, 0.5) is 0 Å². The molecule has 1 atom stereocenters. The van der Waals surface area contributed by atoms with Crippen LogP contribution in [0.2, 0.25) is 0 Å². The highest BCUT2D eigenvalue weighted by molar-refractivity contribution is 6.00. The number of amides is 1. The molecule has 0 bridgehead atoms. The van der Waals surface area contributed by atoms with Crippen LogP contribution in [0.15, 0.2) is 36.4 Å². The summed E-state index contributed by atoms with van der Waals surface area (Å²) in [6, 6.07) is 11.5. The zero-order valence-electron chi connectivity index (χ0n) is 14.0. The molecule has 1 aromatic heterocycles. The van der Waals surface area contributed by atoms with Crippen LogP contribution in [0.1, 0.15) is 58.4 Å². The van der Waals surface area contributed by atoms with Crippen LogP contribution < -0.4 is 5.32 Å². The quantitative estimate of drug-likeness (QED) is 0.859. The van der Waals surface area contributed by atoms with Crippen LogP contribution in [0.5, 0.6) is 0 Å². The standard InChI is InChI=1S/C19H22N2O3/c1-3-16(14-7-5-4-6-8-14)20-19(23)15-11-17(13(2)22)21-9-10-24-12-18(15)21/h4-8,11,16H,3,9-10,12H2,1-2H3,(H,20,23)/t16-/m1/s1. The molecular formula is C19H22N2O3. The van der Waals surface area contributed by atoms with Crippen LogP contribution >= 0.6 is 0 Å². The van der Waals surface area contributed by atoms with Gasteiger partial charge in [-0.2, -0.15) is 0 Å². The Kier molecular flexibility index (Phi) is 4.81. The first-order valence-electron chi connectivity index (χ1n) is 8.28. The van der Waals surface area contributed by atoms with Gasteiger partial charge in [-0.1, -0.05) is 37.3 Å². The third-order valence-electron chi connectivity index (χ3n) is 4.43. The number of hydrogen-bond acceptors (Lipinski definition) is 3. The number of carbonyl (C=O) groups excluding carboxylic acids is 2. The van der Waals surface area contributed by atoms with E-state index in [2.05, 4.69) is 5.32 Å². The number of ether oxygens (including phenoxy) is 1. The van der Waals surface area contributed by atoms with E-state index in [1.807, 2.05) is 41.8 Å². The minimum atomic E-state index is -0.160. The Labute approximate surface area is 141 Å². The number of fused-ring (bicyclic) bond motifs is 1. The second-order valence-corrected chi connectivity index (χ2v) is 6.00. The Morgan fingerprint density at radius 1 is 1.29 bits per heavy atom. The third kappa shape index (κ3) is 3.12. The molecule has 0 saturated carbocycles. The van der Waals surface area contributed by atoms with Gasteiger partial charge in [0.2, 0.25) is 0 Å². The molecule has 0 unspecified atom stereocenters. The normalized spacial score (nSPS) is 14.8. The number of nitrogens with zero attached hydrogens (tertiary/aromatic N) is 1. The molecule has 1 aromatic carbocycles. The molecule has 2 aromatic rings. The van der Waals surface area contributed by atoms with Gasteiger partial charge < -0.3 is 14.6 Å². The molecule has 1 aliphatic heterocycles. The Morgan fingerprint density at radius 3 is 2.71 bits per heavy atom. The van der Waals surface area contributed by atoms with Crippen molar-refractivity contribution in [1.82, 2.24) is 9.88 Å². The van der Waals surface area contributed by atoms with Gasteiger partial charge in [0, 0.05) is 13.5 Å². The van der Waals surface area contributed by atoms with Crippen molar-refractivity contribution in [3.8, 4) is 0 Å². The lowest BCUT2D eigenvalue weighted by Crippen LogP contribution is -2.29. The highest BCUT2D eigenvalue weighted by Crippen LogP contribution is 2.23. The van der Waals surface area contributed by atoms with E-state index in [1.165, 1.54) is 6.92 Å². The number of rotatable bonds is 5. The van der Waals surface area contributed by atoms with Gasteiger partial charge in [0.05, 0.1) is 36.2 Å². The summed E-state index contributed by atoms with van der Waals surface area (Å²) in [4.78, 5) is 24.7. The second kappa shape index (κ2) is 7.01. The molecule has 24 heavy (non-hydrogen) atoms. The zero-order chi connectivity index (χ0) is 17.1. The summed E-state index contributed by atoms with van der Waals surface area (Å²) in [5.41, 5.74) is 2.97. The summed E-state index contributed by atoms with van der Waals surface area (Å²) in [6.07, 6.45) is 0.794. The van der Waals surface area contributed by atoms with E-state index in [1.54, 1.807) is 6.07 Å². The lowest BCUT2D eigenvalue weighted by Gasteiger charge is -2.20. The lowest BCUT2D eigenvalue weighted by molar-refractivity contribution is 0.0786. The molecular weight excluding hydrogens is 304 g/mol. The van der Waals surface area contributed by atoms with Gasteiger partial charge in [-0.25, -0.2) is 0 Å². The van der Waals surface area contributed by atoms with Crippen LogP contribution in [0.25, 0.3) is 0 Å². The number of aromatic nitrogens is 1. The molecule has 0 saturated heterocycles. The predicted molar refractivity (Wildman–Crippen MR) is 91.0 cm³/mol. The van der Waals surface area contributed by atoms with Crippen LogP contribution in [0.3, 0.4) is 0 Å².